The number of aromatic nitrogens is 2. The largest absolute Gasteiger partial charge is 0.497 e. The van der Waals surface area contributed by atoms with Crippen LogP contribution in [0, 0.1) is 5.92 Å². The highest BCUT2D eigenvalue weighted by Crippen LogP contribution is 2.33. The Kier molecular flexibility index (Phi) is 7.71. The van der Waals surface area contributed by atoms with Gasteiger partial charge in [0.25, 0.3) is 5.56 Å². The molecule has 200 valence electrons. The summed E-state index contributed by atoms with van der Waals surface area (Å²) < 4.78 is 23.6. The fourth-order valence-electron chi connectivity index (χ4n) is 5.13. The number of methoxy groups -OCH3 is 2. The number of carbonyl (C=O) groups is 2. The summed E-state index contributed by atoms with van der Waals surface area (Å²) in [6.45, 7) is 1.09. The van der Waals surface area contributed by atoms with Gasteiger partial charge in [-0.05, 0) is 49.1 Å². The minimum Gasteiger partial charge on any atom is -0.497 e. The van der Waals surface area contributed by atoms with Gasteiger partial charge < -0.3 is 28.4 Å². The zero-order valence-corrected chi connectivity index (χ0v) is 21.6. The molecule has 1 saturated heterocycles. The van der Waals surface area contributed by atoms with Crippen molar-refractivity contribution in [2.45, 2.75) is 38.3 Å². The fraction of sp³-hybridized carbons (Fsp3) is 0.429. The van der Waals surface area contributed by atoms with Crippen molar-refractivity contribution in [2.75, 3.05) is 39.1 Å². The molecule has 0 aliphatic carbocycles. The molecule has 2 aliphatic heterocycles. The number of benzene rings is 2. The van der Waals surface area contributed by atoms with Crippen LogP contribution >= 0.6 is 0 Å². The van der Waals surface area contributed by atoms with Gasteiger partial charge in [0.15, 0.2) is 5.78 Å². The summed E-state index contributed by atoms with van der Waals surface area (Å²) in [5.74, 6) is 1.55. The number of rotatable bonds is 10. The van der Waals surface area contributed by atoms with E-state index in [-0.39, 0.29) is 42.7 Å². The number of carbonyl (C=O) groups excluding carboxylic acids is 2. The summed E-state index contributed by atoms with van der Waals surface area (Å²) in [4.78, 5) is 43.5. The van der Waals surface area contributed by atoms with Crippen molar-refractivity contribution < 1.29 is 28.5 Å². The first-order valence-corrected chi connectivity index (χ1v) is 12.7. The van der Waals surface area contributed by atoms with Crippen molar-refractivity contribution in [2.24, 2.45) is 5.92 Å². The molecule has 3 heterocycles. The van der Waals surface area contributed by atoms with Crippen molar-refractivity contribution in [3.63, 3.8) is 0 Å². The zero-order chi connectivity index (χ0) is 26.6. The first-order valence-electron chi connectivity index (χ1n) is 12.7. The van der Waals surface area contributed by atoms with Crippen molar-refractivity contribution in [3.8, 4) is 11.5 Å². The van der Waals surface area contributed by atoms with Crippen LogP contribution in [0.2, 0.25) is 0 Å². The van der Waals surface area contributed by atoms with Crippen LogP contribution in [0.3, 0.4) is 0 Å². The molecule has 1 fully saturated rings. The Labute approximate surface area is 220 Å². The van der Waals surface area contributed by atoms with E-state index in [1.165, 1.54) is 6.20 Å². The van der Waals surface area contributed by atoms with E-state index in [0.29, 0.717) is 54.9 Å². The number of Topliss-reactive ketones (excluding diaryl/α,β-unsaturated/α-hetero) is 1. The Morgan fingerprint density at radius 3 is 2.82 bits per heavy atom. The van der Waals surface area contributed by atoms with Crippen LogP contribution in [0.5, 0.6) is 11.5 Å². The van der Waals surface area contributed by atoms with E-state index >= 15 is 0 Å². The van der Waals surface area contributed by atoms with Gasteiger partial charge in [-0.1, -0.05) is 0 Å². The normalized spacial score (nSPS) is 17.9. The van der Waals surface area contributed by atoms with Crippen LogP contribution < -0.4 is 19.9 Å². The molecule has 0 radical (unpaired) electrons. The summed E-state index contributed by atoms with van der Waals surface area (Å²) in [7, 11) is 3.13. The smallest absolute Gasteiger partial charge is 0.269 e. The molecule has 2 unspecified atom stereocenters. The third-order valence-electron chi connectivity index (χ3n) is 7.10. The molecular formula is C28H31N3O7. The maximum Gasteiger partial charge on any atom is 0.269 e. The van der Waals surface area contributed by atoms with Gasteiger partial charge in [-0.3, -0.25) is 14.4 Å². The maximum absolute atomic E-state index is 12.9. The second-order valence-corrected chi connectivity index (χ2v) is 9.70. The molecule has 5 rings (SSSR count). The van der Waals surface area contributed by atoms with E-state index < -0.39 is 0 Å². The standard InChI is InChI=1S/C28H31N3O7/c1-35-17-38-23(15-31-25-12-22(36-2)6-7-24(25)29-13-28(31)34)5-3-18-9-27(33)30(14-18)20-4-8-26-19(10-20)11-21(32)16-37-26/h4,6-8,10,12-13,18,23H,3,5,9,11,14-17H2,1-2H3. The number of anilines is 1. The summed E-state index contributed by atoms with van der Waals surface area (Å²) in [6.07, 6.45) is 3.14. The summed E-state index contributed by atoms with van der Waals surface area (Å²) in [6, 6.07) is 11.0. The molecule has 1 amide bonds. The summed E-state index contributed by atoms with van der Waals surface area (Å²) in [5.41, 5.74) is 2.72. The van der Waals surface area contributed by atoms with Crippen molar-refractivity contribution in [1.82, 2.24) is 9.55 Å². The van der Waals surface area contributed by atoms with Crippen molar-refractivity contribution in [1.29, 1.82) is 0 Å². The molecule has 2 atom stereocenters. The predicted molar refractivity (Wildman–Crippen MR) is 140 cm³/mol. The molecule has 0 bridgehead atoms. The lowest BCUT2D eigenvalue weighted by molar-refractivity contribution is -0.121. The van der Waals surface area contributed by atoms with E-state index in [2.05, 4.69) is 4.98 Å². The third kappa shape index (κ3) is 5.56. The highest BCUT2D eigenvalue weighted by Gasteiger charge is 2.32. The van der Waals surface area contributed by atoms with Crippen LogP contribution in [-0.4, -0.2) is 61.5 Å². The highest BCUT2D eigenvalue weighted by atomic mass is 16.7. The van der Waals surface area contributed by atoms with Gasteiger partial charge in [-0.25, -0.2) is 4.98 Å². The molecule has 0 saturated carbocycles. The van der Waals surface area contributed by atoms with Crippen molar-refractivity contribution in [3.05, 3.63) is 58.5 Å². The van der Waals surface area contributed by atoms with Crippen LogP contribution in [0.15, 0.2) is 47.4 Å². The predicted octanol–water partition coefficient (Wildman–Crippen LogP) is 2.73. The number of nitrogens with zero attached hydrogens (tertiary/aromatic N) is 3. The number of hydrogen-bond acceptors (Lipinski definition) is 8. The van der Waals surface area contributed by atoms with Crippen molar-refractivity contribution >= 4 is 28.4 Å². The first kappa shape index (κ1) is 25.9. The average Bonchev–Trinajstić information content (AvgIpc) is 3.30. The highest BCUT2D eigenvalue weighted by molar-refractivity contribution is 5.96. The monoisotopic (exact) mass is 521 g/mol. The SMILES string of the molecule is COCOC(CCC1CC(=O)N(c2ccc3c(c2)CC(=O)CO3)C1)Cn1c(=O)cnc2ccc(OC)cc21. The van der Waals surface area contributed by atoms with Gasteiger partial charge in [-0.15, -0.1) is 0 Å². The molecule has 1 aromatic heterocycles. The fourth-order valence-corrected chi connectivity index (χ4v) is 5.13. The lowest BCUT2D eigenvalue weighted by atomic mass is 9.99. The minimum absolute atomic E-state index is 0.0295. The molecule has 38 heavy (non-hydrogen) atoms. The number of ether oxygens (including phenoxy) is 4. The molecule has 0 spiro atoms. The molecule has 10 nitrogen and oxygen atoms in total. The quantitative estimate of drug-likeness (QED) is 0.375. The van der Waals surface area contributed by atoms with Gasteiger partial charge >= 0.3 is 0 Å². The first-order chi connectivity index (χ1) is 18.4. The second kappa shape index (κ2) is 11.3. The van der Waals surface area contributed by atoms with E-state index in [1.54, 1.807) is 35.8 Å². The van der Waals surface area contributed by atoms with Crippen LogP contribution in [0.1, 0.15) is 24.8 Å². The van der Waals surface area contributed by atoms with Gasteiger partial charge in [0.2, 0.25) is 5.91 Å². The van der Waals surface area contributed by atoms with Gasteiger partial charge in [0.1, 0.15) is 24.9 Å². The van der Waals surface area contributed by atoms with Gasteiger partial charge in [-0.2, -0.15) is 0 Å². The Morgan fingerprint density at radius 2 is 2.00 bits per heavy atom. The number of amides is 1. The van der Waals surface area contributed by atoms with E-state index in [4.69, 9.17) is 18.9 Å². The number of ketones is 1. The van der Waals surface area contributed by atoms with Crippen LogP contribution in [0.4, 0.5) is 5.69 Å². The molecule has 0 N–H and O–H groups in total. The Morgan fingerprint density at radius 1 is 1.13 bits per heavy atom. The van der Waals surface area contributed by atoms with E-state index in [9.17, 15) is 14.4 Å². The van der Waals surface area contributed by atoms with Crippen LogP contribution in [0.25, 0.3) is 11.0 Å². The Bertz CT molecular complexity index is 1400. The maximum atomic E-state index is 12.9. The van der Waals surface area contributed by atoms with Gasteiger partial charge in [0.05, 0.1) is 37.0 Å². The Hall–Kier alpha value is -3.76. The average molecular weight is 522 g/mol. The summed E-state index contributed by atoms with van der Waals surface area (Å²) in [5, 5.41) is 0. The topological polar surface area (TPSA) is 109 Å². The Balaban J connectivity index is 1.28. The summed E-state index contributed by atoms with van der Waals surface area (Å²) >= 11 is 0. The molecule has 3 aromatic rings. The second-order valence-electron chi connectivity index (χ2n) is 9.70. The molecule has 2 aromatic carbocycles. The van der Waals surface area contributed by atoms with Gasteiger partial charge in [0, 0.05) is 43.8 Å². The zero-order valence-electron chi connectivity index (χ0n) is 21.6. The third-order valence-corrected chi connectivity index (χ3v) is 7.10. The van der Waals surface area contributed by atoms with Crippen LogP contribution in [-0.2, 0) is 32.0 Å². The number of fused-ring (bicyclic) bond motifs is 2. The molecule has 2 aliphatic rings. The van der Waals surface area contributed by atoms with E-state index in [1.807, 2.05) is 24.3 Å². The van der Waals surface area contributed by atoms with E-state index in [0.717, 1.165) is 17.7 Å². The molecule has 10 heteroatoms. The lowest BCUT2D eigenvalue weighted by Crippen LogP contribution is -2.30. The number of hydrogen-bond donors (Lipinski definition) is 0. The molecular weight excluding hydrogens is 490 g/mol. The minimum atomic E-state index is -0.305. The lowest BCUT2D eigenvalue weighted by Gasteiger charge is -2.22.